The predicted octanol–water partition coefficient (Wildman–Crippen LogP) is 3.57. The minimum Gasteiger partial charge on any atom is -0.462 e. The molecule has 1 aromatic heterocycles. The summed E-state index contributed by atoms with van der Waals surface area (Å²) >= 11 is 0. The average molecular weight is 347 g/mol. The van der Waals surface area contributed by atoms with Crippen LogP contribution in [0.3, 0.4) is 0 Å². The van der Waals surface area contributed by atoms with E-state index in [2.05, 4.69) is 10.3 Å². The van der Waals surface area contributed by atoms with Crippen LogP contribution in [0.1, 0.15) is 29.6 Å². The van der Waals surface area contributed by atoms with Gasteiger partial charge < -0.3 is 10.1 Å². The molecule has 0 aliphatic heterocycles. The number of nitrogens with one attached hydrogen (secondary N) is 1. The third kappa shape index (κ3) is 6.17. The van der Waals surface area contributed by atoms with Gasteiger partial charge in [-0.25, -0.2) is 14.2 Å². The number of rotatable bonds is 9. The van der Waals surface area contributed by atoms with Gasteiger partial charge in [-0.3, -0.25) is 10.1 Å². The number of aromatic nitrogens is 1. The molecule has 0 spiro atoms. The van der Waals surface area contributed by atoms with Crippen LogP contribution in [-0.4, -0.2) is 29.0 Å². The summed E-state index contributed by atoms with van der Waals surface area (Å²) in [5.74, 6) is -0.434. The first kappa shape index (κ1) is 18.3. The Bertz CT molecular complexity index is 722. The standard InChI is InChI=1S/C17H18FN3O4/c18-14-6-4-5-13(11-14)17(22)25-10-3-1-2-9-19-16-8-7-15(12-20-16)21(23)24/h4-8,11-12H,1-3,9-10H2,(H,19,20). The monoisotopic (exact) mass is 347 g/mol. The maximum atomic E-state index is 13.0. The number of ether oxygens (including phenoxy) is 1. The smallest absolute Gasteiger partial charge is 0.338 e. The van der Waals surface area contributed by atoms with E-state index >= 15 is 0 Å². The minimum absolute atomic E-state index is 0.0503. The summed E-state index contributed by atoms with van der Waals surface area (Å²) in [6.07, 6.45) is 3.55. The van der Waals surface area contributed by atoms with Crippen LogP contribution in [0, 0.1) is 15.9 Å². The Kier molecular flexibility index (Phi) is 6.82. The SMILES string of the molecule is O=C(OCCCCCNc1ccc([N+](=O)[O-])cn1)c1cccc(F)c1. The zero-order valence-electron chi connectivity index (χ0n) is 13.5. The van der Waals surface area contributed by atoms with Crippen molar-refractivity contribution in [1.82, 2.24) is 4.98 Å². The van der Waals surface area contributed by atoms with Crippen molar-refractivity contribution < 1.29 is 18.8 Å². The van der Waals surface area contributed by atoms with Crippen molar-refractivity contribution in [2.24, 2.45) is 0 Å². The van der Waals surface area contributed by atoms with Crippen LogP contribution >= 0.6 is 0 Å². The lowest BCUT2D eigenvalue weighted by atomic mass is 10.2. The normalized spacial score (nSPS) is 10.3. The Morgan fingerprint density at radius 3 is 2.76 bits per heavy atom. The quantitative estimate of drug-likeness (QED) is 0.322. The Balaban J connectivity index is 1.57. The maximum Gasteiger partial charge on any atom is 0.338 e. The molecular weight excluding hydrogens is 329 g/mol. The molecule has 0 amide bonds. The largest absolute Gasteiger partial charge is 0.462 e. The number of nitro groups is 1. The zero-order valence-corrected chi connectivity index (χ0v) is 13.5. The molecule has 8 heteroatoms. The number of esters is 1. The van der Waals surface area contributed by atoms with Crippen molar-refractivity contribution in [2.45, 2.75) is 19.3 Å². The van der Waals surface area contributed by atoms with Crippen molar-refractivity contribution >= 4 is 17.5 Å². The van der Waals surface area contributed by atoms with Crippen LogP contribution in [0.25, 0.3) is 0 Å². The highest BCUT2D eigenvalue weighted by atomic mass is 19.1. The molecule has 2 aromatic rings. The van der Waals surface area contributed by atoms with Crippen LogP contribution in [0.2, 0.25) is 0 Å². The lowest BCUT2D eigenvalue weighted by molar-refractivity contribution is -0.385. The van der Waals surface area contributed by atoms with Crippen LogP contribution < -0.4 is 5.32 Å². The van der Waals surface area contributed by atoms with Gasteiger partial charge in [-0.05, 0) is 43.5 Å². The highest BCUT2D eigenvalue weighted by molar-refractivity contribution is 5.89. The molecule has 1 N–H and O–H groups in total. The van der Waals surface area contributed by atoms with Crippen molar-refractivity contribution in [3.05, 3.63) is 64.1 Å². The van der Waals surface area contributed by atoms with Gasteiger partial charge in [-0.2, -0.15) is 0 Å². The van der Waals surface area contributed by atoms with E-state index in [9.17, 15) is 19.3 Å². The Labute approximate surface area is 144 Å². The Morgan fingerprint density at radius 2 is 2.08 bits per heavy atom. The van der Waals surface area contributed by atoms with Gasteiger partial charge in [0.05, 0.1) is 17.1 Å². The molecule has 0 atom stereocenters. The molecular formula is C17H18FN3O4. The number of carbonyl (C=O) groups is 1. The molecule has 7 nitrogen and oxygen atoms in total. The first-order valence-electron chi connectivity index (χ1n) is 7.83. The second-order valence-electron chi connectivity index (χ2n) is 5.29. The minimum atomic E-state index is -0.535. The fraction of sp³-hybridized carbons (Fsp3) is 0.294. The van der Waals surface area contributed by atoms with Crippen molar-refractivity contribution in [1.29, 1.82) is 0 Å². The van der Waals surface area contributed by atoms with Gasteiger partial charge >= 0.3 is 5.97 Å². The summed E-state index contributed by atoms with van der Waals surface area (Å²) in [6, 6.07) is 8.32. The molecule has 132 valence electrons. The summed E-state index contributed by atoms with van der Waals surface area (Å²) in [5, 5.41) is 13.6. The van der Waals surface area contributed by atoms with E-state index in [1.54, 1.807) is 6.07 Å². The fourth-order valence-electron chi connectivity index (χ4n) is 2.08. The molecule has 0 aliphatic carbocycles. The van der Waals surface area contributed by atoms with Gasteiger partial charge in [0.2, 0.25) is 0 Å². The highest BCUT2D eigenvalue weighted by Crippen LogP contribution is 2.12. The lowest BCUT2D eigenvalue weighted by Gasteiger charge is -2.06. The number of carbonyl (C=O) groups excluding carboxylic acids is 1. The molecule has 1 heterocycles. The van der Waals surface area contributed by atoms with E-state index in [-0.39, 0.29) is 17.9 Å². The molecule has 0 bridgehead atoms. The highest BCUT2D eigenvalue weighted by Gasteiger charge is 2.07. The fourth-order valence-corrected chi connectivity index (χ4v) is 2.08. The third-order valence-corrected chi connectivity index (χ3v) is 3.38. The van der Waals surface area contributed by atoms with Crippen molar-refractivity contribution in [3.63, 3.8) is 0 Å². The summed E-state index contributed by atoms with van der Waals surface area (Å²) < 4.78 is 18.1. The van der Waals surface area contributed by atoms with E-state index in [1.807, 2.05) is 0 Å². The maximum absolute atomic E-state index is 13.0. The summed E-state index contributed by atoms with van der Waals surface area (Å²) in [7, 11) is 0. The van der Waals surface area contributed by atoms with Crippen LogP contribution in [0.5, 0.6) is 0 Å². The molecule has 2 rings (SSSR count). The first-order chi connectivity index (χ1) is 12.1. The second-order valence-corrected chi connectivity index (χ2v) is 5.29. The molecule has 0 saturated carbocycles. The van der Waals surface area contributed by atoms with Gasteiger partial charge in [0.15, 0.2) is 0 Å². The second kappa shape index (κ2) is 9.31. The first-order valence-corrected chi connectivity index (χ1v) is 7.83. The molecule has 25 heavy (non-hydrogen) atoms. The van der Waals surface area contributed by atoms with Crippen molar-refractivity contribution in [2.75, 3.05) is 18.5 Å². The van der Waals surface area contributed by atoms with E-state index in [4.69, 9.17) is 4.74 Å². The molecule has 1 aromatic carbocycles. The number of anilines is 1. The zero-order chi connectivity index (χ0) is 18.1. The van der Waals surface area contributed by atoms with Gasteiger partial charge in [0.1, 0.15) is 17.8 Å². The summed E-state index contributed by atoms with van der Waals surface area (Å²) in [5.41, 5.74) is 0.150. The number of unbranched alkanes of at least 4 members (excludes halogenated alkanes) is 2. The number of benzene rings is 1. The van der Waals surface area contributed by atoms with Crippen LogP contribution in [0.4, 0.5) is 15.9 Å². The number of pyridine rings is 1. The molecule has 0 fully saturated rings. The lowest BCUT2D eigenvalue weighted by Crippen LogP contribution is -2.08. The number of hydrogen-bond acceptors (Lipinski definition) is 6. The van der Waals surface area contributed by atoms with Gasteiger partial charge in [0.25, 0.3) is 5.69 Å². The summed E-state index contributed by atoms with van der Waals surface area (Å²) in [4.78, 5) is 25.7. The predicted molar refractivity (Wildman–Crippen MR) is 89.9 cm³/mol. The van der Waals surface area contributed by atoms with Gasteiger partial charge in [-0.1, -0.05) is 6.07 Å². The molecule has 0 aliphatic rings. The Hall–Kier alpha value is -3.03. The van der Waals surface area contributed by atoms with Crippen LogP contribution in [-0.2, 0) is 4.74 Å². The van der Waals surface area contributed by atoms with Gasteiger partial charge in [0, 0.05) is 12.6 Å². The number of nitrogens with zero attached hydrogens (tertiary/aromatic N) is 2. The Morgan fingerprint density at radius 1 is 1.24 bits per heavy atom. The van der Waals surface area contributed by atoms with E-state index in [0.717, 1.165) is 18.9 Å². The van der Waals surface area contributed by atoms with Gasteiger partial charge in [-0.15, -0.1) is 0 Å². The summed E-state index contributed by atoms with van der Waals surface area (Å²) in [6.45, 7) is 0.924. The number of halogens is 1. The molecule has 0 unspecified atom stereocenters. The van der Waals surface area contributed by atoms with E-state index in [0.29, 0.717) is 18.8 Å². The van der Waals surface area contributed by atoms with Crippen molar-refractivity contribution in [3.8, 4) is 0 Å². The van der Waals surface area contributed by atoms with E-state index in [1.165, 1.54) is 30.5 Å². The molecule has 0 radical (unpaired) electrons. The van der Waals surface area contributed by atoms with E-state index < -0.39 is 16.7 Å². The average Bonchev–Trinajstić information content (AvgIpc) is 2.61. The third-order valence-electron chi connectivity index (χ3n) is 3.38. The topological polar surface area (TPSA) is 94.4 Å². The number of hydrogen-bond donors (Lipinski definition) is 1. The van der Waals surface area contributed by atoms with Crippen LogP contribution in [0.15, 0.2) is 42.6 Å². The molecule has 0 saturated heterocycles.